The fourth-order valence-corrected chi connectivity index (χ4v) is 2.60. The Morgan fingerprint density at radius 1 is 0.933 bits per heavy atom. The summed E-state index contributed by atoms with van der Waals surface area (Å²) in [4.78, 5) is 45.5. The lowest BCUT2D eigenvalue weighted by atomic mass is 10.2. The monoisotopic (exact) mass is 453 g/mol. The normalized spacial score (nSPS) is 10.2. The van der Waals surface area contributed by atoms with Crippen LogP contribution in [0.25, 0.3) is 0 Å². The van der Waals surface area contributed by atoms with Gasteiger partial charge in [0.05, 0.1) is 15.0 Å². The van der Waals surface area contributed by atoms with E-state index in [2.05, 4.69) is 10.6 Å². The van der Waals surface area contributed by atoms with E-state index < -0.39 is 29.3 Å². The SMILES string of the molecule is O=C(CCCC(=O)OCC(=O)Nc1ccc(Cl)c(Cl)c1)Nc1cccc([N+](=O)[O-])c1. The Labute approximate surface area is 181 Å². The fraction of sp³-hybridized carbons (Fsp3) is 0.211. The number of benzene rings is 2. The molecule has 0 heterocycles. The molecule has 0 fully saturated rings. The highest BCUT2D eigenvalue weighted by atomic mass is 35.5. The van der Waals surface area contributed by atoms with Gasteiger partial charge in [0.15, 0.2) is 6.61 Å². The van der Waals surface area contributed by atoms with E-state index in [1.54, 1.807) is 6.07 Å². The standard InChI is InChI=1S/C19H17Cl2N3O6/c20-15-8-7-13(10-16(15)21)23-18(26)11-30-19(27)6-2-5-17(25)22-12-3-1-4-14(9-12)24(28)29/h1,3-4,7-10H,2,5-6,11H2,(H,22,25)(H,23,26). The molecule has 0 aromatic heterocycles. The van der Waals surface area contributed by atoms with Crippen molar-refractivity contribution >= 4 is 58.0 Å². The highest BCUT2D eigenvalue weighted by Crippen LogP contribution is 2.25. The highest BCUT2D eigenvalue weighted by molar-refractivity contribution is 6.42. The number of esters is 1. The molecule has 11 heteroatoms. The van der Waals surface area contributed by atoms with Crippen LogP contribution in [0, 0.1) is 10.1 Å². The van der Waals surface area contributed by atoms with Crippen molar-refractivity contribution in [1.82, 2.24) is 0 Å². The van der Waals surface area contributed by atoms with Gasteiger partial charge in [0.1, 0.15) is 0 Å². The van der Waals surface area contributed by atoms with Crippen molar-refractivity contribution in [1.29, 1.82) is 0 Å². The molecular formula is C19H17Cl2N3O6. The summed E-state index contributed by atoms with van der Waals surface area (Å²) in [5.41, 5.74) is 0.551. The van der Waals surface area contributed by atoms with Crippen molar-refractivity contribution in [2.75, 3.05) is 17.2 Å². The number of ether oxygens (including phenoxy) is 1. The summed E-state index contributed by atoms with van der Waals surface area (Å²) in [5.74, 6) is -1.59. The average molecular weight is 454 g/mol. The lowest BCUT2D eigenvalue weighted by Gasteiger charge is -2.08. The Morgan fingerprint density at radius 3 is 2.33 bits per heavy atom. The van der Waals surface area contributed by atoms with Gasteiger partial charge in [-0.3, -0.25) is 24.5 Å². The van der Waals surface area contributed by atoms with Crippen LogP contribution in [-0.4, -0.2) is 29.3 Å². The van der Waals surface area contributed by atoms with Gasteiger partial charge in [-0.25, -0.2) is 0 Å². The fourth-order valence-electron chi connectivity index (χ4n) is 2.30. The Bertz CT molecular complexity index is 967. The van der Waals surface area contributed by atoms with E-state index in [4.69, 9.17) is 27.9 Å². The Balaban J connectivity index is 1.67. The van der Waals surface area contributed by atoms with Crippen molar-refractivity contribution < 1.29 is 24.0 Å². The van der Waals surface area contributed by atoms with Crippen LogP contribution in [0.15, 0.2) is 42.5 Å². The molecule has 0 radical (unpaired) electrons. The van der Waals surface area contributed by atoms with Crippen molar-refractivity contribution in [3.05, 3.63) is 62.6 Å². The second kappa shape index (κ2) is 11.1. The number of anilines is 2. The number of hydrogen-bond acceptors (Lipinski definition) is 6. The number of hydrogen-bond donors (Lipinski definition) is 2. The predicted molar refractivity (Wildman–Crippen MR) is 112 cm³/mol. The number of nitrogens with one attached hydrogen (secondary N) is 2. The number of nitro groups is 1. The first-order valence-electron chi connectivity index (χ1n) is 8.69. The summed E-state index contributed by atoms with van der Waals surface area (Å²) in [6.07, 6.45) is 0.129. The quantitative estimate of drug-likeness (QED) is 0.332. The molecule has 0 spiro atoms. The number of nitro benzene ring substituents is 1. The lowest BCUT2D eigenvalue weighted by Crippen LogP contribution is -2.21. The highest BCUT2D eigenvalue weighted by Gasteiger charge is 2.11. The van der Waals surface area contributed by atoms with Crippen molar-refractivity contribution in [2.45, 2.75) is 19.3 Å². The van der Waals surface area contributed by atoms with E-state index in [1.807, 2.05) is 0 Å². The molecule has 0 aliphatic carbocycles. The van der Waals surface area contributed by atoms with Crippen LogP contribution in [0.4, 0.5) is 17.1 Å². The molecule has 2 amide bonds. The van der Waals surface area contributed by atoms with Crippen LogP contribution in [0.1, 0.15) is 19.3 Å². The summed E-state index contributed by atoms with van der Waals surface area (Å²) in [6, 6.07) is 10.0. The number of rotatable bonds is 9. The van der Waals surface area contributed by atoms with Gasteiger partial charge in [-0.2, -0.15) is 0 Å². The van der Waals surface area contributed by atoms with Crippen molar-refractivity contribution in [3.63, 3.8) is 0 Å². The zero-order valence-electron chi connectivity index (χ0n) is 15.5. The van der Waals surface area contributed by atoms with Gasteiger partial charge in [0.25, 0.3) is 11.6 Å². The van der Waals surface area contributed by atoms with E-state index in [0.29, 0.717) is 10.7 Å². The molecule has 0 atom stereocenters. The third-order valence-electron chi connectivity index (χ3n) is 3.69. The van der Waals surface area contributed by atoms with Gasteiger partial charge < -0.3 is 15.4 Å². The number of halogens is 2. The lowest BCUT2D eigenvalue weighted by molar-refractivity contribution is -0.384. The zero-order valence-corrected chi connectivity index (χ0v) is 17.0. The van der Waals surface area contributed by atoms with E-state index in [9.17, 15) is 24.5 Å². The van der Waals surface area contributed by atoms with Crippen LogP contribution in [0.2, 0.25) is 10.0 Å². The summed E-state index contributed by atoms with van der Waals surface area (Å²) < 4.78 is 4.86. The zero-order chi connectivity index (χ0) is 22.1. The molecular weight excluding hydrogens is 437 g/mol. The first-order valence-corrected chi connectivity index (χ1v) is 9.45. The van der Waals surface area contributed by atoms with Crippen LogP contribution in [0.3, 0.4) is 0 Å². The van der Waals surface area contributed by atoms with E-state index in [-0.39, 0.29) is 35.7 Å². The molecule has 158 valence electrons. The van der Waals surface area contributed by atoms with E-state index >= 15 is 0 Å². The molecule has 2 aromatic rings. The molecule has 0 saturated carbocycles. The second-order valence-corrected chi connectivity index (χ2v) is 6.86. The van der Waals surface area contributed by atoms with E-state index in [0.717, 1.165) is 0 Å². The number of non-ortho nitro benzene ring substituents is 1. The molecule has 9 nitrogen and oxygen atoms in total. The van der Waals surface area contributed by atoms with Crippen LogP contribution in [0.5, 0.6) is 0 Å². The van der Waals surface area contributed by atoms with Gasteiger partial charge in [-0.1, -0.05) is 29.3 Å². The molecule has 0 aliphatic heterocycles. The molecule has 0 saturated heterocycles. The largest absolute Gasteiger partial charge is 0.456 e. The van der Waals surface area contributed by atoms with Crippen LogP contribution in [-0.2, 0) is 19.1 Å². The minimum Gasteiger partial charge on any atom is -0.456 e. The van der Waals surface area contributed by atoms with Crippen molar-refractivity contribution in [2.24, 2.45) is 0 Å². The molecule has 0 unspecified atom stereocenters. The summed E-state index contributed by atoms with van der Waals surface area (Å²) in [5, 5.41) is 16.4. The second-order valence-electron chi connectivity index (χ2n) is 6.05. The smallest absolute Gasteiger partial charge is 0.306 e. The number of amides is 2. The predicted octanol–water partition coefficient (Wildman–Crippen LogP) is 4.19. The summed E-state index contributed by atoms with van der Waals surface area (Å²) >= 11 is 11.6. The van der Waals surface area contributed by atoms with E-state index in [1.165, 1.54) is 36.4 Å². The Morgan fingerprint density at radius 2 is 1.63 bits per heavy atom. The van der Waals surface area contributed by atoms with Gasteiger partial charge in [0.2, 0.25) is 5.91 Å². The molecule has 2 rings (SSSR count). The van der Waals surface area contributed by atoms with Gasteiger partial charge >= 0.3 is 5.97 Å². The van der Waals surface area contributed by atoms with Gasteiger partial charge in [-0.15, -0.1) is 0 Å². The van der Waals surface area contributed by atoms with Gasteiger partial charge in [-0.05, 0) is 30.7 Å². The third-order valence-corrected chi connectivity index (χ3v) is 4.43. The maximum atomic E-state index is 11.9. The number of nitrogens with zero attached hydrogens (tertiary/aromatic N) is 1. The summed E-state index contributed by atoms with van der Waals surface area (Å²) in [6.45, 7) is -0.487. The third kappa shape index (κ3) is 7.69. The first kappa shape index (κ1) is 23.1. The minimum atomic E-state index is -0.637. The Kier molecular flexibility index (Phi) is 8.57. The van der Waals surface area contributed by atoms with Crippen molar-refractivity contribution in [3.8, 4) is 0 Å². The average Bonchev–Trinajstić information content (AvgIpc) is 2.69. The maximum absolute atomic E-state index is 11.9. The minimum absolute atomic E-state index is 0.00720. The molecule has 0 aliphatic rings. The Hall–Kier alpha value is -3.17. The topological polar surface area (TPSA) is 128 Å². The molecule has 2 N–H and O–H groups in total. The maximum Gasteiger partial charge on any atom is 0.306 e. The molecule has 30 heavy (non-hydrogen) atoms. The summed E-state index contributed by atoms with van der Waals surface area (Å²) in [7, 11) is 0. The van der Waals surface area contributed by atoms with Crippen LogP contribution >= 0.6 is 23.2 Å². The van der Waals surface area contributed by atoms with Gasteiger partial charge in [0, 0.05) is 36.3 Å². The number of carbonyl (C=O) groups is 3. The number of carbonyl (C=O) groups excluding carboxylic acids is 3. The molecule has 2 aromatic carbocycles. The first-order chi connectivity index (χ1) is 14.2. The van der Waals surface area contributed by atoms with Crippen LogP contribution < -0.4 is 10.6 Å². The molecule has 0 bridgehead atoms.